The van der Waals surface area contributed by atoms with Gasteiger partial charge in [-0.3, -0.25) is 9.48 Å². The molecule has 56 valence electrons. The van der Waals surface area contributed by atoms with E-state index < -0.39 is 5.91 Å². The van der Waals surface area contributed by atoms with E-state index in [2.05, 4.69) is 5.10 Å². The summed E-state index contributed by atoms with van der Waals surface area (Å²) in [5.74, 6) is -0.582. The van der Waals surface area contributed by atoms with Gasteiger partial charge in [0, 0.05) is 6.20 Å². The molecule has 0 aromatic carbocycles. The molecule has 0 saturated carbocycles. The molecule has 0 aliphatic rings. The Morgan fingerprint density at radius 1 is 1.91 bits per heavy atom. The maximum Gasteiger partial charge on any atom is 0.269 e. The van der Waals surface area contributed by atoms with Crippen molar-refractivity contribution in [2.75, 3.05) is 0 Å². The number of hydrogen-bond donors (Lipinski definition) is 1. The number of aromatic nitrogens is 2. The number of carbonyl (C=O) groups is 1. The fourth-order valence-corrected chi connectivity index (χ4v) is 0.654. The second-order valence-corrected chi connectivity index (χ2v) is 1.92. The maximum atomic E-state index is 10.5. The van der Waals surface area contributed by atoms with Gasteiger partial charge in [-0.05, 0) is 6.07 Å². The van der Waals surface area contributed by atoms with Crippen LogP contribution in [0.25, 0.3) is 0 Å². The lowest BCUT2D eigenvalue weighted by Crippen LogP contribution is -2.12. The van der Waals surface area contributed by atoms with Crippen molar-refractivity contribution in [3.05, 3.63) is 18.0 Å². The van der Waals surface area contributed by atoms with Crippen molar-refractivity contribution in [2.24, 2.45) is 5.73 Å². The minimum Gasteiger partial charge on any atom is -0.364 e. The van der Waals surface area contributed by atoms with E-state index in [1.54, 1.807) is 0 Å². The van der Waals surface area contributed by atoms with E-state index >= 15 is 0 Å². The molecule has 5 heteroatoms. The number of carbonyl (C=O) groups excluding carboxylic acids is 1. The SMILES string of the molecule is N#CCn1ccc(C(N)=O)n1. The Morgan fingerprint density at radius 3 is 3.09 bits per heavy atom. The van der Waals surface area contributed by atoms with E-state index in [1.807, 2.05) is 6.07 Å². The van der Waals surface area contributed by atoms with Crippen LogP contribution in [0.4, 0.5) is 0 Å². The van der Waals surface area contributed by atoms with Gasteiger partial charge in [0.15, 0.2) is 0 Å². The third-order valence-electron chi connectivity index (χ3n) is 1.13. The lowest BCUT2D eigenvalue weighted by Gasteiger charge is -1.88. The molecular weight excluding hydrogens is 144 g/mol. The van der Waals surface area contributed by atoms with Crippen LogP contribution in [-0.4, -0.2) is 15.7 Å². The van der Waals surface area contributed by atoms with Gasteiger partial charge < -0.3 is 5.73 Å². The average Bonchev–Trinajstić information content (AvgIpc) is 2.37. The van der Waals surface area contributed by atoms with E-state index in [-0.39, 0.29) is 12.2 Å². The Balaban J connectivity index is 2.83. The molecule has 0 bridgehead atoms. The van der Waals surface area contributed by atoms with Gasteiger partial charge in [0.05, 0.1) is 6.07 Å². The molecule has 11 heavy (non-hydrogen) atoms. The van der Waals surface area contributed by atoms with Gasteiger partial charge >= 0.3 is 0 Å². The highest BCUT2D eigenvalue weighted by Crippen LogP contribution is 1.92. The van der Waals surface area contributed by atoms with E-state index in [1.165, 1.54) is 16.9 Å². The summed E-state index contributed by atoms with van der Waals surface area (Å²) in [6, 6.07) is 3.36. The minimum atomic E-state index is -0.582. The lowest BCUT2D eigenvalue weighted by atomic mass is 10.4. The van der Waals surface area contributed by atoms with E-state index in [0.717, 1.165) is 0 Å². The number of primary amides is 1. The van der Waals surface area contributed by atoms with Crippen molar-refractivity contribution in [1.29, 1.82) is 5.26 Å². The molecule has 5 nitrogen and oxygen atoms in total. The minimum absolute atomic E-state index is 0.132. The molecular formula is C6H6N4O. The molecule has 0 atom stereocenters. The maximum absolute atomic E-state index is 10.5. The highest BCUT2D eigenvalue weighted by atomic mass is 16.1. The molecule has 0 fully saturated rings. The fourth-order valence-electron chi connectivity index (χ4n) is 0.654. The topological polar surface area (TPSA) is 84.7 Å². The van der Waals surface area contributed by atoms with Gasteiger partial charge in [-0.2, -0.15) is 10.4 Å². The zero-order chi connectivity index (χ0) is 8.27. The van der Waals surface area contributed by atoms with Crippen LogP contribution in [0, 0.1) is 11.3 Å². The van der Waals surface area contributed by atoms with Gasteiger partial charge in [-0.15, -0.1) is 0 Å². The highest BCUT2D eigenvalue weighted by molar-refractivity contribution is 5.90. The van der Waals surface area contributed by atoms with Crippen LogP contribution < -0.4 is 5.73 Å². The Morgan fingerprint density at radius 2 is 2.64 bits per heavy atom. The van der Waals surface area contributed by atoms with Crippen LogP contribution in [0.5, 0.6) is 0 Å². The van der Waals surface area contributed by atoms with Crippen molar-refractivity contribution < 1.29 is 4.79 Å². The van der Waals surface area contributed by atoms with Gasteiger partial charge in [-0.1, -0.05) is 0 Å². The van der Waals surface area contributed by atoms with Crippen LogP contribution in [0.2, 0.25) is 0 Å². The van der Waals surface area contributed by atoms with Gasteiger partial charge in [0.25, 0.3) is 5.91 Å². The standard InChI is InChI=1S/C6H6N4O/c7-2-4-10-3-1-5(9-10)6(8)11/h1,3H,4H2,(H2,8,11). The molecule has 1 amide bonds. The molecule has 0 aliphatic carbocycles. The number of nitriles is 1. The predicted octanol–water partition coefficient (Wildman–Crippen LogP) is -0.494. The summed E-state index contributed by atoms with van der Waals surface area (Å²) in [7, 11) is 0. The molecule has 1 aromatic heterocycles. The third-order valence-corrected chi connectivity index (χ3v) is 1.13. The van der Waals surface area contributed by atoms with E-state index in [4.69, 9.17) is 11.0 Å². The van der Waals surface area contributed by atoms with Crippen molar-refractivity contribution in [3.63, 3.8) is 0 Å². The third kappa shape index (κ3) is 1.55. The highest BCUT2D eigenvalue weighted by Gasteiger charge is 2.02. The van der Waals surface area contributed by atoms with Crippen LogP contribution in [0.3, 0.4) is 0 Å². The van der Waals surface area contributed by atoms with Crippen molar-refractivity contribution in [2.45, 2.75) is 6.54 Å². The monoisotopic (exact) mass is 150 g/mol. The van der Waals surface area contributed by atoms with Crippen LogP contribution in [-0.2, 0) is 6.54 Å². The summed E-state index contributed by atoms with van der Waals surface area (Å²) >= 11 is 0. The van der Waals surface area contributed by atoms with Gasteiger partial charge in [0.1, 0.15) is 12.2 Å². The molecule has 0 aliphatic heterocycles. The number of nitrogens with two attached hydrogens (primary N) is 1. The normalized spacial score (nSPS) is 9.00. The number of nitrogens with zero attached hydrogens (tertiary/aromatic N) is 3. The first-order chi connectivity index (χ1) is 5.24. The Kier molecular flexibility index (Phi) is 1.88. The first-order valence-corrected chi connectivity index (χ1v) is 2.94. The van der Waals surface area contributed by atoms with Gasteiger partial charge in [-0.25, -0.2) is 0 Å². The molecule has 0 saturated heterocycles. The summed E-state index contributed by atoms with van der Waals surface area (Å²) < 4.78 is 1.35. The quantitative estimate of drug-likeness (QED) is 0.617. The Labute approximate surface area is 63.0 Å². The summed E-state index contributed by atoms with van der Waals surface area (Å²) in [5.41, 5.74) is 5.11. The van der Waals surface area contributed by atoms with Crippen molar-refractivity contribution >= 4 is 5.91 Å². The summed E-state index contributed by atoms with van der Waals surface area (Å²) in [6.07, 6.45) is 1.53. The Bertz CT molecular complexity index is 309. The van der Waals surface area contributed by atoms with E-state index in [9.17, 15) is 4.79 Å². The number of hydrogen-bond acceptors (Lipinski definition) is 3. The van der Waals surface area contributed by atoms with Crippen molar-refractivity contribution in [3.8, 4) is 6.07 Å². The molecule has 2 N–H and O–H groups in total. The van der Waals surface area contributed by atoms with Crippen LogP contribution in [0.1, 0.15) is 10.5 Å². The molecule has 0 radical (unpaired) electrons. The van der Waals surface area contributed by atoms with Crippen LogP contribution >= 0.6 is 0 Å². The largest absolute Gasteiger partial charge is 0.364 e. The summed E-state index contributed by atoms with van der Waals surface area (Å²) in [5, 5.41) is 12.0. The molecule has 1 heterocycles. The fraction of sp³-hybridized carbons (Fsp3) is 0.167. The smallest absolute Gasteiger partial charge is 0.269 e. The molecule has 0 unspecified atom stereocenters. The van der Waals surface area contributed by atoms with Crippen molar-refractivity contribution in [1.82, 2.24) is 9.78 Å². The second kappa shape index (κ2) is 2.84. The number of amides is 1. The van der Waals surface area contributed by atoms with E-state index in [0.29, 0.717) is 0 Å². The second-order valence-electron chi connectivity index (χ2n) is 1.92. The Hall–Kier alpha value is -1.83. The molecule has 1 aromatic rings. The lowest BCUT2D eigenvalue weighted by molar-refractivity contribution is 0.0995. The average molecular weight is 150 g/mol. The first-order valence-electron chi connectivity index (χ1n) is 2.94. The zero-order valence-corrected chi connectivity index (χ0v) is 5.69. The number of rotatable bonds is 2. The molecule has 1 rings (SSSR count). The van der Waals surface area contributed by atoms with Crippen LogP contribution in [0.15, 0.2) is 12.3 Å². The zero-order valence-electron chi connectivity index (χ0n) is 5.69. The summed E-state index contributed by atoms with van der Waals surface area (Å²) in [6.45, 7) is 0.132. The molecule has 0 spiro atoms. The van der Waals surface area contributed by atoms with Gasteiger partial charge in [0.2, 0.25) is 0 Å². The predicted molar refractivity (Wildman–Crippen MR) is 36.4 cm³/mol. The first kappa shape index (κ1) is 7.28. The summed E-state index contributed by atoms with van der Waals surface area (Å²) in [4.78, 5) is 10.5.